The van der Waals surface area contributed by atoms with E-state index in [1.54, 1.807) is 17.0 Å². The second-order valence-electron chi connectivity index (χ2n) is 5.41. The first-order chi connectivity index (χ1) is 11.5. The summed E-state index contributed by atoms with van der Waals surface area (Å²) in [5.74, 6) is -0.161. The Balaban J connectivity index is 1.52. The van der Waals surface area contributed by atoms with E-state index in [1.807, 2.05) is 0 Å². The van der Waals surface area contributed by atoms with Crippen molar-refractivity contribution in [1.82, 2.24) is 10.2 Å². The molecule has 1 saturated heterocycles. The van der Waals surface area contributed by atoms with Crippen LogP contribution in [0.25, 0.3) is 0 Å². The number of carbonyl (C=O) groups is 2. The van der Waals surface area contributed by atoms with E-state index in [9.17, 15) is 19.7 Å². The molecule has 2 amide bonds. The fraction of sp³-hybridized carbons (Fsp3) is 0.333. The number of piperidine rings is 1. The number of likely N-dealkylation sites (tertiary alicyclic amines) is 1. The van der Waals surface area contributed by atoms with Gasteiger partial charge < -0.3 is 14.6 Å². The molecule has 8 nitrogen and oxygen atoms in total. The lowest BCUT2D eigenvalue weighted by atomic mass is 10.0. The minimum atomic E-state index is -0.514. The van der Waals surface area contributed by atoms with Crippen molar-refractivity contribution >= 4 is 28.2 Å². The molecule has 126 valence electrons. The number of hydrogen-bond donors (Lipinski definition) is 1. The minimum Gasteiger partial charge on any atom is -0.459 e. The van der Waals surface area contributed by atoms with Gasteiger partial charge in [-0.3, -0.25) is 19.7 Å². The van der Waals surface area contributed by atoms with Crippen molar-refractivity contribution in [2.24, 2.45) is 0 Å². The molecule has 0 radical (unpaired) electrons. The molecule has 3 heterocycles. The molecule has 0 atom stereocenters. The first kappa shape index (κ1) is 16.2. The number of hydrogen-bond acceptors (Lipinski definition) is 6. The smallest absolute Gasteiger partial charge is 0.324 e. The third kappa shape index (κ3) is 3.46. The van der Waals surface area contributed by atoms with Crippen molar-refractivity contribution in [2.45, 2.75) is 18.9 Å². The second kappa shape index (κ2) is 6.83. The summed E-state index contributed by atoms with van der Waals surface area (Å²) in [4.78, 5) is 36.4. The normalized spacial score (nSPS) is 15.2. The van der Waals surface area contributed by atoms with E-state index in [0.29, 0.717) is 36.6 Å². The van der Waals surface area contributed by atoms with Gasteiger partial charge in [-0.1, -0.05) is 11.3 Å². The molecule has 0 unspecified atom stereocenters. The van der Waals surface area contributed by atoms with Gasteiger partial charge in [0.25, 0.3) is 11.8 Å². The van der Waals surface area contributed by atoms with E-state index in [2.05, 4.69) is 5.32 Å². The Hall–Kier alpha value is -2.68. The van der Waals surface area contributed by atoms with Gasteiger partial charge >= 0.3 is 5.00 Å². The van der Waals surface area contributed by atoms with Crippen molar-refractivity contribution in [3.63, 3.8) is 0 Å². The number of nitrogens with one attached hydrogen (secondary N) is 1. The zero-order valence-electron chi connectivity index (χ0n) is 12.6. The summed E-state index contributed by atoms with van der Waals surface area (Å²) >= 11 is 0.853. The van der Waals surface area contributed by atoms with E-state index < -0.39 is 4.92 Å². The molecular formula is C15H15N3O5S. The Labute approximate surface area is 141 Å². The van der Waals surface area contributed by atoms with Crippen molar-refractivity contribution in [2.75, 3.05) is 13.1 Å². The molecule has 1 aliphatic rings. The molecule has 2 aromatic rings. The number of nitro groups is 1. The van der Waals surface area contributed by atoms with Gasteiger partial charge in [0, 0.05) is 25.2 Å². The molecule has 2 aromatic heterocycles. The van der Waals surface area contributed by atoms with Gasteiger partial charge in [-0.2, -0.15) is 0 Å². The Kier molecular flexibility index (Phi) is 4.61. The Morgan fingerprint density at radius 3 is 2.62 bits per heavy atom. The summed E-state index contributed by atoms with van der Waals surface area (Å²) in [6.45, 7) is 1.05. The lowest BCUT2D eigenvalue weighted by molar-refractivity contribution is -0.380. The highest BCUT2D eigenvalue weighted by atomic mass is 32.1. The van der Waals surface area contributed by atoms with Gasteiger partial charge in [0.1, 0.15) is 0 Å². The molecule has 0 saturated carbocycles. The number of furan rings is 1. The number of thiophene rings is 1. The summed E-state index contributed by atoms with van der Waals surface area (Å²) < 4.78 is 5.10. The Morgan fingerprint density at radius 2 is 2.04 bits per heavy atom. The van der Waals surface area contributed by atoms with Crippen molar-refractivity contribution in [3.05, 3.63) is 51.3 Å². The van der Waals surface area contributed by atoms with E-state index in [4.69, 9.17) is 4.42 Å². The number of amides is 2. The lowest BCUT2D eigenvalue weighted by Crippen LogP contribution is -2.46. The molecule has 0 spiro atoms. The van der Waals surface area contributed by atoms with Crippen LogP contribution in [0, 0.1) is 10.1 Å². The predicted octanol–water partition coefficient (Wildman–Crippen LogP) is 2.28. The summed E-state index contributed by atoms with van der Waals surface area (Å²) in [5.41, 5.74) is 0. The number of nitrogens with zero attached hydrogens (tertiary/aromatic N) is 2. The van der Waals surface area contributed by atoms with Gasteiger partial charge in [0.2, 0.25) is 0 Å². The first-order valence-electron chi connectivity index (χ1n) is 7.42. The van der Waals surface area contributed by atoms with E-state index >= 15 is 0 Å². The van der Waals surface area contributed by atoms with Gasteiger partial charge in [-0.25, -0.2) is 0 Å². The lowest BCUT2D eigenvalue weighted by Gasteiger charge is -2.31. The van der Waals surface area contributed by atoms with Gasteiger partial charge in [0.15, 0.2) is 5.76 Å². The molecule has 0 aromatic carbocycles. The molecular weight excluding hydrogens is 334 g/mol. The fourth-order valence-corrected chi connectivity index (χ4v) is 3.31. The SMILES string of the molecule is O=C(NC1CCN(C(=O)c2ccco2)CC1)c1ccc([N+](=O)[O-])s1. The highest BCUT2D eigenvalue weighted by molar-refractivity contribution is 7.17. The maximum atomic E-state index is 12.2. The molecule has 24 heavy (non-hydrogen) atoms. The van der Waals surface area contributed by atoms with Crippen LogP contribution in [0.5, 0.6) is 0 Å². The summed E-state index contributed by atoms with van der Waals surface area (Å²) in [6.07, 6.45) is 2.72. The van der Waals surface area contributed by atoms with Crippen LogP contribution >= 0.6 is 11.3 Å². The number of rotatable bonds is 4. The molecule has 1 fully saturated rings. The second-order valence-corrected chi connectivity index (χ2v) is 6.47. The molecule has 1 aliphatic heterocycles. The van der Waals surface area contributed by atoms with Crippen LogP contribution in [-0.4, -0.2) is 40.8 Å². The maximum absolute atomic E-state index is 12.2. The molecule has 0 aliphatic carbocycles. The van der Waals surface area contributed by atoms with E-state index in [1.165, 1.54) is 18.4 Å². The highest BCUT2D eigenvalue weighted by Gasteiger charge is 2.26. The van der Waals surface area contributed by atoms with Crippen LogP contribution in [0.15, 0.2) is 34.9 Å². The molecule has 0 bridgehead atoms. The zero-order chi connectivity index (χ0) is 17.1. The van der Waals surface area contributed by atoms with E-state index in [0.717, 1.165) is 11.3 Å². The van der Waals surface area contributed by atoms with Gasteiger partial charge in [-0.05, 0) is 31.0 Å². The zero-order valence-corrected chi connectivity index (χ0v) is 13.5. The Morgan fingerprint density at radius 1 is 1.29 bits per heavy atom. The average Bonchev–Trinajstić information content (AvgIpc) is 3.26. The average molecular weight is 349 g/mol. The van der Waals surface area contributed by atoms with Crippen LogP contribution in [-0.2, 0) is 0 Å². The third-order valence-electron chi connectivity index (χ3n) is 3.84. The quantitative estimate of drug-likeness (QED) is 0.673. The largest absolute Gasteiger partial charge is 0.459 e. The van der Waals surface area contributed by atoms with Crippen molar-refractivity contribution in [1.29, 1.82) is 0 Å². The van der Waals surface area contributed by atoms with Crippen LogP contribution in [0.2, 0.25) is 0 Å². The summed E-state index contributed by atoms with van der Waals surface area (Å²) in [5, 5.41) is 13.5. The van der Waals surface area contributed by atoms with Crippen LogP contribution in [0.4, 0.5) is 5.00 Å². The molecule has 3 rings (SSSR count). The van der Waals surface area contributed by atoms with Gasteiger partial charge in [0.05, 0.1) is 16.1 Å². The van der Waals surface area contributed by atoms with Gasteiger partial charge in [-0.15, -0.1) is 0 Å². The topological polar surface area (TPSA) is 106 Å². The maximum Gasteiger partial charge on any atom is 0.324 e. The third-order valence-corrected chi connectivity index (χ3v) is 4.88. The fourth-order valence-electron chi connectivity index (χ4n) is 2.59. The van der Waals surface area contributed by atoms with Crippen LogP contribution < -0.4 is 5.32 Å². The van der Waals surface area contributed by atoms with E-state index in [-0.39, 0.29) is 22.9 Å². The van der Waals surface area contributed by atoms with Crippen LogP contribution in [0.1, 0.15) is 33.1 Å². The summed E-state index contributed by atoms with van der Waals surface area (Å²) in [6, 6.07) is 6.01. The van der Waals surface area contributed by atoms with Crippen molar-refractivity contribution < 1.29 is 18.9 Å². The number of carbonyl (C=O) groups excluding carboxylic acids is 2. The monoisotopic (exact) mass is 349 g/mol. The molecule has 1 N–H and O–H groups in total. The molecule has 9 heteroatoms. The predicted molar refractivity (Wildman–Crippen MR) is 86.1 cm³/mol. The van der Waals surface area contributed by atoms with Crippen molar-refractivity contribution in [3.8, 4) is 0 Å². The standard InChI is InChI=1S/C15H15N3O5S/c19-14(12-3-4-13(24-12)18(21)22)16-10-5-7-17(8-6-10)15(20)11-2-1-9-23-11/h1-4,9-10H,5-8H2,(H,16,19). The Bertz CT molecular complexity index is 747. The van der Waals surface area contributed by atoms with Crippen LogP contribution in [0.3, 0.4) is 0 Å². The minimum absolute atomic E-state index is 0.0562. The highest BCUT2D eigenvalue weighted by Crippen LogP contribution is 2.24. The first-order valence-corrected chi connectivity index (χ1v) is 8.24. The summed E-state index contributed by atoms with van der Waals surface area (Å²) in [7, 11) is 0.